The van der Waals surface area contributed by atoms with Crippen LogP contribution in [0.15, 0.2) is 115 Å². The number of benzene rings is 3. The molecule has 32 heavy (non-hydrogen) atoms. The Bertz CT molecular complexity index is 1070. The summed E-state index contributed by atoms with van der Waals surface area (Å²) in [6.45, 7) is 4.06. The van der Waals surface area contributed by atoms with E-state index in [9.17, 15) is 0 Å². The second kappa shape index (κ2) is 11.5. The maximum absolute atomic E-state index is 4.06. The van der Waals surface area contributed by atoms with E-state index < -0.39 is 0 Å². The van der Waals surface area contributed by atoms with E-state index in [1.807, 2.05) is 0 Å². The smallest absolute Gasteiger partial charge is 0.0280 e. The Hall–Kier alpha value is -1.66. The van der Waals surface area contributed by atoms with Crippen molar-refractivity contribution in [3.05, 3.63) is 132 Å². The molecule has 0 bridgehead atoms. The molecule has 5 rings (SSSR count). The first kappa shape index (κ1) is 26.6. The van der Waals surface area contributed by atoms with Crippen LogP contribution in [-0.4, -0.2) is 0 Å². The predicted molar refractivity (Wildman–Crippen MR) is 138 cm³/mol. The molecule has 162 valence electrons. The summed E-state index contributed by atoms with van der Waals surface area (Å²) in [5, 5.41) is 0. The Labute approximate surface area is 223 Å². The van der Waals surface area contributed by atoms with Crippen LogP contribution >= 0.6 is 24.8 Å². The van der Waals surface area contributed by atoms with Crippen LogP contribution in [0.4, 0.5) is 0 Å². The largest absolute Gasteiger partial charge is 0.147 e. The average molecular weight is 539 g/mol. The Morgan fingerprint density at radius 1 is 0.812 bits per heavy atom. The molecule has 2 aliphatic carbocycles. The summed E-state index contributed by atoms with van der Waals surface area (Å²) < 4.78 is 0. The Morgan fingerprint density at radius 3 is 1.91 bits per heavy atom. The maximum atomic E-state index is 4.06. The van der Waals surface area contributed by atoms with Gasteiger partial charge in [0.15, 0.2) is 0 Å². The number of rotatable bonds is 6. The molecule has 0 saturated heterocycles. The van der Waals surface area contributed by atoms with Gasteiger partial charge in [-0.1, -0.05) is 109 Å². The summed E-state index contributed by atoms with van der Waals surface area (Å²) in [5.41, 5.74) is 8.53. The molecule has 0 fully saturated rings. The fourth-order valence-corrected chi connectivity index (χ4v) is 5.52. The SMILES string of the molecule is C=CCCC(C1=CC=CC1)(c1ccccc1)C1c2ccccc2-c2ccccc21.Cl.Cl.[Zr]. The van der Waals surface area contributed by atoms with E-state index in [1.54, 1.807) is 0 Å². The Balaban J connectivity index is 0.00000121. The second-order valence-electron chi connectivity index (χ2n) is 8.10. The van der Waals surface area contributed by atoms with Gasteiger partial charge in [0.2, 0.25) is 0 Å². The molecule has 3 aromatic carbocycles. The number of hydrogen-bond donors (Lipinski definition) is 0. The van der Waals surface area contributed by atoms with Crippen LogP contribution < -0.4 is 0 Å². The van der Waals surface area contributed by atoms with Crippen LogP contribution in [0.5, 0.6) is 0 Å². The number of allylic oxidation sites excluding steroid dienone is 5. The third-order valence-corrected chi connectivity index (χ3v) is 6.70. The zero-order valence-electron chi connectivity index (χ0n) is 18.0. The van der Waals surface area contributed by atoms with Crippen molar-refractivity contribution in [1.82, 2.24) is 0 Å². The van der Waals surface area contributed by atoms with Crippen LogP contribution in [0.3, 0.4) is 0 Å². The minimum atomic E-state index is -0.0817. The molecular formula is C29H28Cl2Zr. The zero-order chi connectivity index (χ0) is 19.7. The summed E-state index contributed by atoms with van der Waals surface area (Å²) in [6, 6.07) is 29.1. The van der Waals surface area contributed by atoms with Crippen molar-refractivity contribution >= 4 is 24.8 Å². The first-order chi connectivity index (χ1) is 14.4. The van der Waals surface area contributed by atoms with Crippen molar-refractivity contribution < 1.29 is 26.2 Å². The van der Waals surface area contributed by atoms with Gasteiger partial charge in [-0.05, 0) is 47.1 Å². The fraction of sp³-hybridized carbons (Fsp3) is 0.172. The Morgan fingerprint density at radius 2 is 1.38 bits per heavy atom. The van der Waals surface area contributed by atoms with Crippen LogP contribution in [-0.2, 0) is 31.6 Å². The third-order valence-electron chi connectivity index (χ3n) is 6.70. The van der Waals surface area contributed by atoms with Crippen molar-refractivity contribution in [1.29, 1.82) is 0 Å². The molecule has 0 nitrogen and oxygen atoms in total. The number of hydrogen-bond acceptors (Lipinski definition) is 0. The minimum Gasteiger partial charge on any atom is -0.147 e. The van der Waals surface area contributed by atoms with E-state index in [4.69, 9.17) is 0 Å². The van der Waals surface area contributed by atoms with Crippen LogP contribution in [0, 0.1) is 0 Å². The summed E-state index contributed by atoms with van der Waals surface area (Å²) in [5.74, 6) is 0.309. The molecule has 0 aromatic heterocycles. The van der Waals surface area contributed by atoms with Gasteiger partial charge in [0.25, 0.3) is 0 Å². The Kier molecular flexibility index (Phi) is 9.53. The minimum absolute atomic E-state index is 0. The van der Waals surface area contributed by atoms with Gasteiger partial charge >= 0.3 is 0 Å². The molecule has 3 heteroatoms. The van der Waals surface area contributed by atoms with Crippen molar-refractivity contribution in [3.63, 3.8) is 0 Å². The topological polar surface area (TPSA) is 0 Å². The quantitative estimate of drug-likeness (QED) is 0.276. The first-order valence-corrected chi connectivity index (χ1v) is 10.6. The molecule has 0 radical (unpaired) electrons. The van der Waals surface area contributed by atoms with Crippen molar-refractivity contribution in [3.8, 4) is 11.1 Å². The number of halogens is 2. The van der Waals surface area contributed by atoms with Gasteiger partial charge in [0, 0.05) is 37.5 Å². The van der Waals surface area contributed by atoms with Crippen LogP contribution in [0.1, 0.15) is 41.9 Å². The maximum Gasteiger partial charge on any atom is 0.0280 e. The van der Waals surface area contributed by atoms with Gasteiger partial charge in [-0.2, -0.15) is 0 Å². The van der Waals surface area contributed by atoms with Crippen LogP contribution in [0.2, 0.25) is 0 Å². The van der Waals surface area contributed by atoms with Gasteiger partial charge in [0.05, 0.1) is 0 Å². The molecule has 0 amide bonds. The monoisotopic (exact) mass is 536 g/mol. The van der Waals surface area contributed by atoms with Gasteiger partial charge in [-0.3, -0.25) is 0 Å². The van der Waals surface area contributed by atoms with E-state index in [2.05, 4.69) is 110 Å². The normalized spacial score (nSPS) is 15.2. The molecule has 2 aliphatic rings. The summed E-state index contributed by atoms with van der Waals surface area (Å²) in [6.07, 6.45) is 12.0. The van der Waals surface area contributed by atoms with E-state index in [0.717, 1.165) is 19.3 Å². The van der Waals surface area contributed by atoms with Gasteiger partial charge < -0.3 is 0 Å². The van der Waals surface area contributed by atoms with Gasteiger partial charge in [-0.15, -0.1) is 31.4 Å². The third kappa shape index (κ3) is 4.28. The van der Waals surface area contributed by atoms with Gasteiger partial charge in [0.1, 0.15) is 0 Å². The molecule has 0 heterocycles. The number of fused-ring (bicyclic) bond motifs is 3. The molecule has 1 unspecified atom stereocenters. The fourth-order valence-electron chi connectivity index (χ4n) is 5.52. The zero-order valence-corrected chi connectivity index (χ0v) is 22.1. The molecule has 0 saturated carbocycles. The molecule has 3 aromatic rings. The van der Waals surface area contributed by atoms with E-state index in [1.165, 1.54) is 33.4 Å². The molecule has 0 N–H and O–H groups in total. The van der Waals surface area contributed by atoms with E-state index in [-0.39, 0.29) is 56.4 Å². The predicted octanol–water partition coefficient (Wildman–Crippen LogP) is 8.43. The van der Waals surface area contributed by atoms with E-state index in [0.29, 0.717) is 5.92 Å². The first-order valence-electron chi connectivity index (χ1n) is 10.6. The van der Waals surface area contributed by atoms with Crippen molar-refractivity contribution in [2.24, 2.45) is 0 Å². The molecular weight excluding hydrogens is 510 g/mol. The van der Waals surface area contributed by atoms with Crippen molar-refractivity contribution in [2.75, 3.05) is 0 Å². The molecule has 0 aliphatic heterocycles. The van der Waals surface area contributed by atoms with E-state index >= 15 is 0 Å². The standard InChI is InChI=1S/C29H26.2ClH.Zr/c1-2-3-21-29(23-15-7-8-16-23,22-13-5-4-6-14-22)28-26-19-11-9-17-24(26)25-18-10-12-20-27(25)28;;;/h2,4-15,17-20,28H,1,3,16,21H2;2*1H;. The second-order valence-corrected chi connectivity index (χ2v) is 8.10. The average Bonchev–Trinajstić information content (AvgIpc) is 3.43. The summed E-state index contributed by atoms with van der Waals surface area (Å²) in [4.78, 5) is 0. The molecule has 0 spiro atoms. The summed E-state index contributed by atoms with van der Waals surface area (Å²) in [7, 11) is 0. The van der Waals surface area contributed by atoms with Crippen LogP contribution in [0.25, 0.3) is 11.1 Å². The molecule has 1 atom stereocenters. The van der Waals surface area contributed by atoms with Crippen molar-refractivity contribution in [2.45, 2.75) is 30.6 Å². The summed E-state index contributed by atoms with van der Waals surface area (Å²) >= 11 is 0. The van der Waals surface area contributed by atoms with Gasteiger partial charge in [-0.25, -0.2) is 0 Å².